The van der Waals surface area contributed by atoms with Gasteiger partial charge in [0.1, 0.15) is 60.1 Å². The summed E-state index contributed by atoms with van der Waals surface area (Å²) < 4.78 is 37.4. The maximum absolute atomic E-state index is 14.1. The number of aliphatic imine (C=N–C) groups is 2. The molecule has 8 aliphatic rings. The van der Waals surface area contributed by atoms with Crippen LogP contribution in [0.5, 0.6) is 11.5 Å². The molecule has 8 aliphatic heterocycles. The van der Waals surface area contributed by atoms with Crippen LogP contribution in [0.25, 0.3) is 66.3 Å². The standard InChI is InChI=1S/C47H49N7O7.C42H48N6O6.C10H11NO4/c1-26(2)41(51-46(57)59-3)44(55)54-19-9-13-39(54)43-48-24-37(50-43)29-14-16-31-30(20-29)25-61-40-23-32-28(21-34(31)40)15-17-35-33(32)22-36(49-35)38-12-8-18-53(38)45(56)42(52-47(58)60-4)27-10-6-5-7-11-27;1-23(2)37(46-40(50)52-6)39(49)47-15-8-10-35(47)38-43-21-33(45-38)25-11-13-27-26(17-25)22-53-36-20-28-24(18-30(27)36)12-14-31-29(28)19-32(44-31)34-9-7-16-48(34)41(51)54-42(3,4)5;1-15-10(14)11-8(9(12)13)7-5-3-2-4-6-7/h5-7,10-11,14-17,20-21,23-24,26,38-39,41-42H,8-9,12-13,18-19,22,25H2,1-4H3,(H,48,50)(H,51,57)(H,52,58);11-14,17-18,20-21,23,34-35,37H,7-10,15-16,19,22H2,1-6H3,(H,43,45)(H,46,50);2-6,8H,1H3,(H,11,14)(H,12,13)/t38-,39-,41-,42+;34-,35-,37-;/m00./s1. The van der Waals surface area contributed by atoms with E-state index in [1.807, 2.05) is 111 Å². The quantitative estimate of drug-likeness (QED) is 0.0392. The zero-order valence-electron chi connectivity index (χ0n) is 74.7. The van der Waals surface area contributed by atoms with Crippen LogP contribution in [0.1, 0.15) is 169 Å². The number of carbonyl (C=O) groups is 9. The summed E-state index contributed by atoms with van der Waals surface area (Å²) >= 11 is 0. The first kappa shape index (κ1) is 89.3. The van der Waals surface area contributed by atoms with Crippen molar-refractivity contribution in [2.24, 2.45) is 21.8 Å². The van der Waals surface area contributed by atoms with Crippen molar-refractivity contribution in [1.29, 1.82) is 0 Å². The van der Waals surface area contributed by atoms with Crippen LogP contribution in [0, 0.1) is 11.8 Å². The van der Waals surface area contributed by atoms with Gasteiger partial charge in [0.05, 0.1) is 87.8 Å². The highest BCUT2D eigenvalue weighted by molar-refractivity contribution is 6.08. The number of hydrogen-bond donors (Lipinski definition) is 7. The van der Waals surface area contributed by atoms with E-state index < -0.39 is 60.1 Å². The van der Waals surface area contributed by atoms with Gasteiger partial charge in [0.15, 0.2) is 6.04 Å². The molecular formula is C99H108N14O17. The molecule has 31 heteroatoms. The van der Waals surface area contributed by atoms with Gasteiger partial charge in [-0.05, 0) is 210 Å². The highest BCUT2D eigenvalue weighted by atomic mass is 16.6. The zero-order chi connectivity index (χ0) is 91.5. The van der Waals surface area contributed by atoms with Crippen LogP contribution >= 0.6 is 0 Å². The minimum atomic E-state index is -1.13. The fourth-order valence-electron chi connectivity index (χ4n) is 18.9. The number of rotatable bonds is 18. The molecule has 8 aromatic carbocycles. The number of carboxylic acid groups (broad SMARTS) is 1. The Morgan fingerprint density at radius 3 is 1.26 bits per heavy atom. The van der Waals surface area contributed by atoms with E-state index >= 15 is 0 Å². The molecule has 0 saturated carbocycles. The molecule has 2 aromatic heterocycles. The Labute approximate surface area is 752 Å². The molecule has 7 N–H and O–H groups in total. The van der Waals surface area contributed by atoms with Crippen LogP contribution in [0.4, 0.5) is 35.3 Å². The molecular weight excluding hydrogens is 1660 g/mol. The van der Waals surface area contributed by atoms with Gasteiger partial charge in [-0.2, -0.15) is 0 Å². The van der Waals surface area contributed by atoms with Gasteiger partial charge < -0.3 is 84.2 Å². The number of likely N-dealkylation sites (tertiary alicyclic amines) is 4. The van der Waals surface area contributed by atoms with Crippen molar-refractivity contribution < 1.29 is 81.4 Å². The summed E-state index contributed by atoms with van der Waals surface area (Å²) in [5.41, 5.74) is 16.8. The number of H-pyrrole nitrogens is 2. The molecule has 31 nitrogen and oxygen atoms in total. The molecule has 130 heavy (non-hydrogen) atoms. The Hall–Kier alpha value is -14.1. The summed E-state index contributed by atoms with van der Waals surface area (Å²) in [6.45, 7) is 16.6. The van der Waals surface area contributed by atoms with Crippen LogP contribution in [-0.2, 0) is 68.9 Å². The molecule has 676 valence electrons. The lowest BCUT2D eigenvalue weighted by Crippen LogP contribution is -2.51. The first-order valence-electron chi connectivity index (χ1n) is 44.2. The Kier molecular flexibility index (Phi) is 26.1. The third-order valence-electron chi connectivity index (χ3n) is 25.4. The van der Waals surface area contributed by atoms with Crippen molar-refractivity contribution in [3.8, 4) is 56.3 Å². The molecule has 4 saturated heterocycles. The number of carbonyl (C=O) groups excluding carboxylic acids is 8. The smallest absolute Gasteiger partial charge is 0.410 e. The second kappa shape index (κ2) is 38.0. The van der Waals surface area contributed by atoms with E-state index in [0.29, 0.717) is 69.2 Å². The van der Waals surface area contributed by atoms with Crippen molar-refractivity contribution in [3.63, 3.8) is 0 Å². The molecule has 10 heterocycles. The van der Waals surface area contributed by atoms with Gasteiger partial charge in [-0.15, -0.1) is 0 Å². The van der Waals surface area contributed by atoms with E-state index in [2.05, 4.69) is 121 Å². The van der Waals surface area contributed by atoms with E-state index in [-0.39, 0.29) is 59.8 Å². The van der Waals surface area contributed by atoms with E-state index in [1.54, 1.807) is 30.3 Å². The van der Waals surface area contributed by atoms with Gasteiger partial charge in [-0.1, -0.05) is 125 Å². The van der Waals surface area contributed by atoms with Gasteiger partial charge in [0.2, 0.25) is 17.7 Å². The van der Waals surface area contributed by atoms with Crippen molar-refractivity contribution in [1.82, 2.24) is 60.8 Å². The maximum atomic E-state index is 14.1. The molecule has 1 unspecified atom stereocenters. The lowest BCUT2D eigenvalue weighted by Gasteiger charge is -2.30. The fourth-order valence-corrected chi connectivity index (χ4v) is 18.9. The largest absolute Gasteiger partial charge is 0.488 e. The lowest BCUT2D eigenvalue weighted by atomic mass is 9.90. The number of methoxy groups -OCH3 is 4. The molecule has 0 bridgehead atoms. The summed E-state index contributed by atoms with van der Waals surface area (Å²) in [6.07, 6.45) is 8.68. The summed E-state index contributed by atoms with van der Waals surface area (Å²) in [5, 5.41) is 23.7. The second-order valence-electron chi connectivity index (χ2n) is 35.4. The Morgan fingerprint density at radius 1 is 0.454 bits per heavy atom. The molecule has 0 radical (unpaired) electrons. The van der Waals surface area contributed by atoms with Crippen molar-refractivity contribution >= 4 is 98.5 Å². The number of amides is 8. The average molecular weight is 1770 g/mol. The number of aliphatic carboxylic acids is 1. The first-order valence-corrected chi connectivity index (χ1v) is 44.2. The maximum Gasteiger partial charge on any atom is 0.410 e. The number of aromatic amines is 2. The molecule has 0 spiro atoms. The van der Waals surface area contributed by atoms with E-state index in [1.165, 1.54) is 34.0 Å². The average Bonchev–Trinajstić information content (AvgIpc) is 1.55. The Morgan fingerprint density at radius 2 is 0.846 bits per heavy atom. The number of imidazole rings is 2. The van der Waals surface area contributed by atoms with Crippen molar-refractivity contribution in [2.75, 3.05) is 54.6 Å². The number of hydrogen-bond acceptors (Lipinski definition) is 20. The monoisotopic (exact) mass is 1760 g/mol. The van der Waals surface area contributed by atoms with Crippen LogP contribution in [0.2, 0.25) is 0 Å². The van der Waals surface area contributed by atoms with Gasteiger partial charge in [0.25, 0.3) is 0 Å². The number of nitrogens with one attached hydrogen (secondary N) is 6. The summed E-state index contributed by atoms with van der Waals surface area (Å²) in [4.78, 5) is 147. The third-order valence-corrected chi connectivity index (χ3v) is 25.4. The lowest BCUT2D eigenvalue weighted by molar-refractivity contribution is -0.139. The van der Waals surface area contributed by atoms with Crippen LogP contribution in [0.3, 0.4) is 0 Å². The van der Waals surface area contributed by atoms with E-state index in [0.717, 1.165) is 174 Å². The second-order valence-corrected chi connectivity index (χ2v) is 35.4. The number of aromatic nitrogens is 4. The van der Waals surface area contributed by atoms with Gasteiger partial charge in [-0.25, -0.2) is 38.7 Å². The highest BCUT2D eigenvalue weighted by Gasteiger charge is 2.44. The number of carboxylic acids is 1. The molecule has 8 atom stereocenters. The topological polar surface area (TPSA) is 382 Å². The first-order chi connectivity index (χ1) is 62.6. The van der Waals surface area contributed by atoms with Crippen LogP contribution < -0.4 is 30.7 Å². The van der Waals surface area contributed by atoms with Crippen LogP contribution in [0.15, 0.2) is 168 Å². The number of nitrogens with zero attached hydrogens (tertiary/aromatic N) is 8. The summed E-state index contributed by atoms with van der Waals surface area (Å²) in [5.74, 6) is 1.28. The Balaban J connectivity index is 0.000000165. The van der Waals surface area contributed by atoms with Gasteiger partial charge >= 0.3 is 36.4 Å². The molecule has 8 amide bonds. The van der Waals surface area contributed by atoms with E-state index in [9.17, 15) is 43.2 Å². The normalized spacial score (nSPS) is 18.3. The predicted octanol–water partition coefficient (Wildman–Crippen LogP) is 16.6. The molecule has 0 aliphatic carbocycles. The Bertz CT molecular complexity index is 6100. The predicted molar refractivity (Wildman–Crippen MR) is 488 cm³/mol. The number of fused-ring (bicyclic) bond motifs is 12. The third kappa shape index (κ3) is 18.7. The fraction of sp³-hybridized carbons (Fsp3) is 0.384. The molecule has 4 fully saturated rings. The van der Waals surface area contributed by atoms with Gasteiger partial charge in [-0.3, -0.25) is 29.3 Å². The van der Waals surface area contributed by atoms with Crippen molar-refractivity contribution in [2.45, 2.75) is 180 Å². The highest BCUT2D eigenvalue weighted by Crippen LogP contribution is 2.49. The van der Waals surface area contributed by atoms with Crippen molar-refractivity contribution in [3.05, 3.63) is 203 Å². The zero-order valence-corrected chi connectivity index (χ0v) is 74.7. The van der Waals surface area contributed by atoms with Gasteiger partial charge in [0, 0.05) is 61.6 Å². The number of alkyl carbamates (subject to hydrolysis) is 4. The molecule has 18 rings (SSSR count). The summed E-state index contributed by atoms with van der Waals surface area (Å²) in [7, 11) is 5.06. The number of benzene rings is 8. The molecule has 10 aromatic rings. The van der Waals surface area contributed by atoms with E-state index in [4.69, 9.17) is 53.5 Å². The minimum absolute atomic E-state index is 0.0599. The summed E-state index contributed by atoms with van der Waals surface area (Å²) in [6, 6.07) is 43.4. The van der Waals surface area contributed by atoms with Crippen LogP contribution in [-0.4, -0.2) is 195 Å². The number of ether oxygens (including phenoxy) is 7. The SMILES string of the molecule is COC(=O)NC(C(=O)O)c1ccccc1.COC(=O)N[C@H](C(=O)N1CCC[C@H]1c1ncc(-c2ccc3c(c2)COc2cc4c5c(ccc4cc2-3)N=C([C@@H]2CCCN2C(=O)OC(C)(C)C)C5)[nH]1)C(C)C.COC(=O)N[C@H](C(=O)N1CCC[C@H]1c1ncc(-c2ccc3c(c2)COc2cc4c5c(ccc4cc2-3)N=C([C@@H]2CCCN2C(=O)[C@H](NC(=O)OC)c2ccccc2)C5)[nH]1)C(C)C. The minimum Gasteiger partial charge on any atom is -0.488 e.